The summed E-state index contributed by atoms with van der Waals surface area (Å²) in [6.07, 6.45) is 2.07. The number of hydrogen-bond donors (Lipinski definition) is 2. The summed E-state index contributed by atoms with van der Waals surface area (Å²) >= 11 is 1.65. The van der Waals surface area contributed by atoms with Gasteiger partial charge in [0.25, 0.3) is 5.72 Å². The first-order chi connectivity index (χ1) is 12.0. The summed E-state index contributed by atoms with van der Waals surface area (Å²) in [6, 6.07) is 17.8. The molecule has 0 amide bonds. The van der Waals surface area contributed by atoms with Gasteiger partial charge in [-0.25, -0.2) is 0 Å². The van der Waals surface area contributed by atoms with E-state index in [0.29, 0.717) is 5.75 Å². The van der Waals surface area contributed by atoms with Crippen LogP contribution in [0, 0.1) is 0 Å². The second kappa shape index (κ2) is 7.33. The Balaban J connectivity index is 1.88. The van der Waals surface area contributed by atoms with Crippen molar-refractivity contribution >= 4 is 28.2 Å². The van der Waals surface area contributed by atoms with Crippen LogP contribution in [0.4, 0.5) is 11.4 Å². The van der Waals surface area contributed by atoms with E-state index in [9.17, 15) is 5.11 Å². The van der Waals surface area contributed by atoms with Crippen molar-refractivity contribution in [2.45, 2.75) is 19.6 Å². The molecule has 0 saturated heterocycles. The number of anilines is 1. The van der Waals surface area contributed by atoms with Crippen molar-refractivity contribution in [1.82, 2.24) is 0 Å². The second-order valence-electron chi connectivity index (χ2n) is 6.20. The highest BCUT2D eigenvalue weighted by molar-refractivity contribution is 8.14. The van der Waals surface area contributed by atoms with Gasteiger partial charge in [0.2, 0.25) is 10.7 Å². The van der Waals surface area contributed by atoms with Crippen LogP contribution < -0.4 is 10.1 Å². The van der Waals surface area contributed by atoms with Crippen LogP contribution in [0.5, 0.6) is 5.75 Å². The second-order valence-corrected chi connectivity index (χ2v) is 7.19. The molecule has 130 valence electrons. The molecule has 0 saturated carbocycles. The van der Waals surface area contributed by atoms with Gasteiger partial charge in [-0.3, -0.25) is 0 Å². The average molecular weight is 355 g/mol. The van der Waals surface area contributed by atoms with Gasteiger partial charge in [0, 0.05) is 36.5 Å². The monoisotopic (exact) mass is 355 g/mol. The topological polar surface area (TPSA) is 44.5 Å². The van der Waals surface area contributed by atoms with Crippen LogP contribution >= 0.6 is 11.8 Å². The SMILES string of the molecule is COc1ccc(N/C(C)=C\C2=[N+](c3ccccc3)[C@@](C)(O)CS2)cc1. The fourth-order valence-corrected chi connectivity index (χ4v) is 4.03. The van der Waals surface area contributed by atoms with Gasteiger partial charge in [0.1, 0.15) is 5.75 Å². The average Bonchev–Trinajstić information content (AvgIpc) is 2.90. The van der Waals surface area contributed by atoms with E-state index in [4.69, 9.17) is 4.74 Å². The molecule has 2 N–H and O–H groups in total. The zero-order chi connectivity index (χ0) is 17.9. The predicted octanol–water partition coefficient (Wildman–Crippen LogP) is 4.21. The van der Waals surface area contributed by atoms with Crippen molar-refractivity contribution in [2.24, 2.45) is 0 Å². The lowest BCUT2D eigenvalue weighted by molar-refractivity contribution is -0.574. The molecule has 1 heterocycles. The third kappa shape index (κ3) is 4.06. The highest BCUT2D eigenvalue weighted by atomic mass is 32.2. The molecule has 0 bridgehead atoms. The number of para-hydroxylation sites is 1. The first kappa shape index (κ1) is 17.6. The van der Waals surface area contributed by atoms with Crippen LogP contribution in [0.15, 0.2) is 66.4 Å². The number of methoxy groups -OCH3 is 1. The summed E-state index contributed by atoms with van der Waals surface area (Å²) < 4.78 is 7.17. The Kier molecular flexibility index (Phi) is 5.16. The Morgan fingerprint density at radius 3 is 2.52 bits per heavy atom. The molecule has 4 nitrogen and oxygen atoms in total. The highest BCUT2D eigenvalue weighted by Gasteiger charge is 2.44. The summed E-state index contributed by atoms with van der Waals surface area (Å²) in [5.41, 5.74) is 2.08. The van der Waals surface area contributed by atoms with Gasteiger partial charge in [-0.2, -0.15) is 4.58 Å². The lowest BCUT2D eigenvalue weighted by Gasteiger charge is -2.14. The summed E-state index contributed by atoms with van der Waals surface area (Å²) in [5, 5.41) is 15.2. The normalized spacial score (nSPS) is 20.7. The maximum atomic E-state index is 10.8. The van der Waals surface area contributed by atoms with Crippen molar-refractivity contribution < 1.29 is 14.4 Å². The number of nitrogens with one attached hydrogen (secondary N) is 1. The molecule has 0 fully saturated rings. The molecule has 5 heteroatoms. The Labute approximate surface area is 152 Å². The fraction of sp³-hybridized carbons (Fsp3) is 0.250. The van der Waals surface area contributed by atoms with Gasteiger partial charge in [0.05, 0.1) is 12.9 Å². The molecular weight excluding hydrogens is 332 g/mol. The molecular formula is C20H23N2O2S+. The maximum Gasteiger partial charge on any atom is 0.278 e. The van der Waals surface area contributed by atoms with Crippen LogP contribution in [0.1, 0.15) is 13.8 Å². The Hall–Kier alpha value is -2.24. The number of allylic oxidation sites excluding steroid dienone is 1. The van der Waals surface area contributed by atoms with Crippen LogP contribution in [-0.4, -0.2) is 33.3 Å². The van der Waals surface area contributed by atoms with Crippen molar-refractivity contribution in [3.63, 3.8) is 0 Å². The molecule has 1 aliphatic heterocycles. The lowest BCUT2D eigenvalue weighted by atomic mass is 10.2. The van der Waals surface area contributed by atoms with Crippen molar-refractivity contribution in [3.8, 4) is 5.75 Å². The molecule has 2 aromatic carbocycles. The first-order valence-corrected chi connectivity index (χ1v) is 9.15. The standard InChI is InChI=1S/C20H22N2O2S/c1-15(21-16-9-11-18(24-3)12-10-16)13-19-22(20(2,23)14-25-19)17-7-5-4-6-8-17/h4-13,23H,14H2,1-3H3/p+1/t20-/m0/s1. The summed E-state index contributed by atoms with van der Waals surface area (Å²) in [7, 11) is 1.66. The van der Waals surface area contributed by atoms with Crippen molar-refractivity contribution in [1.29, 1.82) is 0 Å². The van der Waals surface area contributed by atoms with Crippen molar-refractivity contribution in [3.05, 3.63) is 66.4 Å². The Morgan fingerprint density at radius 1 is 1.20 bits per heavy atom. The molecule has 0 unspecified atom stereocenters. The maximum absolute atomic E-state index is 10.8. The molecule has 0 radical (unpaired) electrons. The van der Waals surface area contributed by atoms with Crippen LogP contribution in [0.2, 0.25) is 0 Å². The number of ether oxygens (including phenoxy) is 1. The third-order valence-corrected chi connectivity index (χ3v) is 5.27. The summed E-state index contributed by atoms with van der Waals surface area (Å²) in [6.45, 7) is 3.87. The molecule has 1 aliphatic rings. The van der Waals surface area contributed by atoms with E-state index in [2.05, 4.69) is 11.4 Å². The van der Waals surface area contributed by atoms with Crippen molar-refractivity contribution in [2.75, 3.05) is 18.2 Å². The summed E-state index contributed by atoms with van der Waals surface area (Å²) in [5.74, 6) is 1.46. The zero-order valence-corrected chi connectivity index (χ0v) is 15.5. The van der Waals surface area contributed by atoms with E-state index in [-0.39, 0.29) is 0 Å². The molecule has 25 heavy (non-hydrogen) atoms. The predicted molar refractivity (Wildman–Crippen MR) is 105 cm³/mol. The zero-order valence-electron chi connectivity index (χ0n) is 14.7. The number of benzene rings is 2. The van der Waals surface area contributed by atoms with E-state index in [1.54, 1.807) is 18.9 Å². The molecule has 0 aliphatic carbocycles. The van der Waals surface area contributed by atoms with Gasteiger partial charge >= 0.3 is 0 Å². The minimum Gasteiger partial charge on any atom is -0.497 e. The number of thioether (sulfide) groups is 1. The molecule has 3 rings (SSSR count). The van der Waals surface area contributed by atoms with E-state index < -0.39 is 5.72 Å². The number of nitrogens with zero attached hydrogens (tertiary/aromatic N) is 1. The van der Waals surface area contributed by atoms with E-state index in [1.165, 1.54) is 0 Å². The molecule has 0 aromatic heterocycles. The van der Waals surface area contributed by atoms with Gasteiger partial charge in [0.15, 0.2) is 0 Å². The third-order valence-electron chi connectivity index (χ3n) is 3.98. The summed E-state index contributed by atoms with van der Waals surface area (Å²) in [4.78, 5) is 0. The van der Waals surface area contributed by atoms with Gasteiger partial charge < -0.3 is 15.2 Å². The lowest BCUT2D eigenvalue weighted by Crippen LogP contribution is -2.36. The van der Waals surface area contributed by atoms with Crippen LogP contribution in [0.3, 0.4) is 0 Å². The first-order valence-electron chi connectivity index (χ1n) is 8.16. The Morgan fingerprint density at radius 2 is 1.88 bits per heavy atom. The van der Waals surface area contributed by atoms with Gasteiger partial charge in [-0.15, -0.1) is 0 Å². The highest BCUT2D eigenvalue weighted by Crippen LogP contribution is 2.32. The number of aliphatic hydroxyl groups is 1. The van der Waals surface area contributed by atoms with Crippen LogP contribution in [-0.2, 0) is 0 Å². The van der Waals surface area contributed by atoms with E-state index in [0.717, 1.165) is 27.9 Å². The Bertz CT molecular complexity index is 796. The largest absolute Gasteiger partial charge is 0.497 e. The van der Waals surface area contributed by atoms with E-state index >= 15 is 0 Å². The molecule has 1 atom stereocenters. The number of rotatable bonds is 5. The van der Waals surface area contributed by atoms with E-state index in [1.807, 2.05) is 73.0 Å². The quantitative estimate of drug-likeness (QED) is 0.789. The van der Waals surface area contributed by atoms with Gasteiger partial charge in [-0.05, 0) is 43.0 Å². The smallest absolute Gasteiger partial charge is 0.278 e. The molecule has 2 aromatic rings. The number of hydrogen-bond acceptors (Lipinski definition) is 4. The van der Waals surface area contributed by atoms with Crippen LogP contribution in [0.25, 0.3) is 0 Å². The fourth-order valence-electron chi connectivity index (χ4n) is 2.79. The minimum absolute atomic E-state index is 0.629. The van der Waals surface area contributed by atoms with Gasteiger partial charge in [-0.1, -0.05) is 18.2 Å². The molecule has 0 spiro atoms. The minimum atomic E-state index is -0.905.